The number of carbonyl (C=O) groups is 1. The van der Waals surface area contributed by atoms with Crippen molar-refractivity contribution in [1.82, 2.24) is 14.9 Å². The molecule has 19 heavy (non-hydrogen) atoms. The van der Waals surface area contributed by atoms with Gasteiger partial charge in [-0.2, -0.15) is 0 Å². The quantitative estimate of drug-likeness (QED) is 0.804. The SMILES string of the molecule is Cc1cncn1CCCNC(=O)Cc1ccccc1. The Morgan fingerprint density at radius 3 is 2.79 bits per heavy atom. The van der Waals surface area contributed by atoms with Crippen LogP contribution in [-0.2, 0) is 17.8 Å². The monoisotopic (exact) mass is 257 g/mol. The van der Waals surface area contributed by atoms with Gasteiger partial charge in [0.2, 0.25) is 5.91 Å². The molecule has 0 saturated heterocycles. The lowest BCUT2D eigenvalue weighted by molar-refractivity contribution is -0.120. The number of rotatable bonds is 6. The molecule has 1 aromatic heterocycles. The minimum Gasteiger partial charge on any atom is -0.356 e. The minimum atomic E-state index is 0.0774. The molecule has 0 atom stereocenters. The molecule has 0 aliphatic heterocycles. The molecule has 1 aromatic carbocycles. The van der Waals surface area contributed by atoms with Gasteiger partial charge in [-0.15, -0.1) is 0 Å². The molecular formula is C15H19N3O. The Hall–Kier alpha value is -2.10. The predicted molar refractivity (Wildman–Crippen MR) is 74.7 cm³/mol. The molecule has 1 heterocycles. The Kier molecular flexibility index (Phi) is 4.72. The average Bonchev–Trinajstić information content (AvgIpc) is 2.81. The molecule has 0 radical (unpaired) electrons. The van der Waals surface area contributed by atoms with E-state index in [4.69, 9.17) is 0 Å². The Balaban J connectivity index is 1.66. The van der Waals surface area contributed by atoms with E-state index < -0.39 is 0 Å². The summed E-state index contributed by atoms with van der Waals surface area (Å²) >= 11 is 0. The lowest BCUT2D eigenvalue weighted by Crippen LogP contribution is -2.26. The van der Waals surface area contributed by atoms with Gasteiger partial charge in [0.25, 0.3) is 0 Å². The maximum atomic E-state index is 11.7. The number of aryl methyl sites for hydroxylation is 2. The Labute approximate surface area is 113 Å². The predicted octanol–water partition coefficient (Wildman–Crippen LogP) is 1.94. The number of aromatic nitrogens is 2. The molecule has 0 unspecified atom stereocenters. The highest BCUT2D eigenvalue weighted by molar-refractivity contribution is 5.78. The topological polar surface area (TPSA) is 46.9 Å². The van der Waals surface area contributed by atoms with E-state index in [1.54, 1.807) is 0 Å². The smallest absolute Gasteiger partial charge is 0.224 e. The van der Waals surface area contributed by atoms with E-state index in [-0.39, 0.29) is 5.91 Å². The van der Waals surface area contributed by atoms with Crippen molar-refractivity contribution in [2.24, 2.45) is 0 Å². The molecule has 0 aliphatic rings. The molecule has 0 saturated carbocycles. The van der Waals surface area contributed by atoms with E-state index in [9.17, 15) is 4.79 Å². The molecule has 4 heteroatoms. The first kappa shape index (κ1) is 13.3. The third-order valence-electron chi connectivity index (χ3n) is 3.03. The van der Waals surface area contributed by atoms with Gasteiger partial charge in [-0.3, -0.25) is 4.79 Å². The minimum absolute atomic E-state index is 0.0774. The van der Waals surface area contributed by atoms with Gasteiger partial charge in [-0.25, -0.2) is 4.98 Å². The van der Waals surface area contributed by atoms with Gasteiger partial charge < -0.3 is 9.88 Å². The third-order valence-corrected chi connectivity index (χ3v) is 3.03. The van der Waals surface area contributed by atoms with Gasteiger partial charge in [0.15, 0.2) is 0 Å². The fourth-order valence-corrected chi connectivity index (χ4v) is 1.94. The summed E-state index contributed by atoms with van der Waals surface area (Å²) in [5.41, 5.74) is 2.20. The molecule has 2 aromatic rings. The fraction of sp³-hybridized carbons (Fsp3) is 0.333. The highest BCUT2D eigenvalue weighted by Gasteiger charge is 2.02. The van der Waals surface area contributed by atoms with Crippen LogP contribution in [0.25, 0.3) is 0 Å². The van der Waals surface area contributed by atoms with Gasteiger partial charge in [-0.1, -0.05) is 30.3 Å². The summed E-state index contributed by atoms with van der Waals surface area (Å²) in [4.78, 5) is 15.8. The van der Waals surface area contributed by atoms with Crippen LogP contribution in [0.2, 0.25) is 0 Å². The van der Waals surface area contributed by atoms with Crippen molar-refractivity contribution >= 4 is 5.91 Å². The number of nitrogens with one attached hydrogen (secondary N) is 1. The van der Waals surface area contributed by atoms with Crippen LogP contribution in [-0.4, -0.2) is 22.0 Å². The summed E-state index contributed by atoms with van der Waals surface area (Å²) in [6.45, 7) is 3.61. The normalized spacial score (nSPS) is 10.4. The van der Waals surface area contributed by atoms with Crippen molar-refractivity contribution in [3.63, 3.8) is 0 Å². The number of hydrogen-bond donors (Lipinski definition) is 1. The van der Waals surface area contributed by atoms with E-state index in [0.717, 1.165) is 24.2 Å². The van der Waals surface area contributed by atoms with Crippen molar-refractivity contribution < 1.29 is 4.79 Å². The second kappa shape index (κ2) is 6.73. The first-order valence-electron chi connectivity index (χ1n) is 6.53. The molecular weight excluding hydrogens is 238 g/mol. The van der Waals surface area contributed by atoms with E-state index >= 15 is 0 Å². The molecule has 100 valence electrons. The molecule has 0 aliphatic carbocycles. The van der Waals surface area contributed by atoms with Crippen molar-refractivity contribution in [1.29, 1.82) is 0 Å². The van der Waals surface area contributed by atoms with Crippen LogP contribution < -0.4 is 5.32 Å². The van der Waals surface area contributed by atoms with Crippen molar-refractivity contribution in [2.75, 3.05) is 6.54 Å². The van der Waals surface area contributed by atoms with E-state index in [1.807, 2.05) is 49.8 Å². The summed E-state index contributed by atoms with van der Waals surface area (Å²) in [6.07, 6.45) is 5.03. The average molecular weight is 257 g/mol. The molecule has 1 amide bonds. The number of carbonyl (C=O) groups excluding carboxylic acids is 1. The number of benzene rings is 1. The third kappa shape index (κ3) is 4.25. The van der Waals surface area contributed by atoms with Gasteiger partial charge >= 0.3 is 0 Å². The number of imidazole rings is 1. The Morgan fingerprint density at radius 2 is 2.11 bits per heavy atom. The van der Waals surface area contributed by atoms with Gasteiger partial charge in [0.1, 0.15) is 0 Å². The first-order valence-corrected chi connectivity index (χ1v) is 6.53. The Morgan fingerprint density at radius 1 is 1.32 bits per heavy atom. The summed E-state index contributed by atoms with van der Waals surface area (Å²) in [5, 5.41) is 2.94. The maximum Gasteiger partial charge on any atom is 0.224 e. The van der Waals surface area contributed by atoms with Crippen molar-refractivity contribution in [2.45, 2.75) is 26.3 Å². The molecule has 0 bridgehead atoms. The lowest BCUT2D eigenvalue weighted by atomic mass is 10.1. The second-order valence-electron chi connectivity index (χ2n) is 4.59. The van der Waals surface area contributed by atoms with Crippen molar-refractivity contribution in [3.8, 4) is 0 Å². The standard InChI is InChI=1S/C15H19N3O/c1-13-11-16-12-18(13)9-5-8-17-15(19)10-14-6-3-2-4-7-14/h2-4,6-7,11-12H,5,8-10H2,1H3,(H,17,19). The van der Waals surface area contributed by atoms with Gasteiger partial charge in [0.05, 0.1) is 12.7 Å². The molecule has 1 N–H and O–H groups in total. The van der Waals surface area contributed by atoms with Gasteiger partial charge in [0, 0.05) is 25.0 Å². The van der Waals surface area contributed by atoms with E-state index in [0.29, 0.717) is 13.0 Å². The largest absolute Gasteiger partial charge is 0.356 e. The summed E-state index contributed by atoms with van der Waals surface area (Å²) in [6, 6.07) is 9.78. The van der Waals surface area contributed by atoms with Crippen LogP contribution in [0.5, 0.6) is 0 Å². The number of hydrogen-bond acceptors (Lipinski definition) is 2. The van der Waals surface area contributed by atoms with Crippen molar-refractivity contribution in [3.05, 3.63) is 54.1 Å². The Bertz CT molecular complexity index is 519. The van der Waals surface area contributed by atoms with Crippen LogP contribution in [0.15, 0.2) is 42.9 Å². The summed E-state index contributed by atoms with van der Waals surface area (Å²) in [5.74, 6) is 0.0774. The summed E-state index contributed by atoms with van der Waals surface area (Å²) < 4.78 is 2.09. The molecule has 0 fully saturated rings. The first-order chi connectivity index (χ1) is 9.25. The van der Waals surface area contributed by atoms with E-state index in [2.05, 4.69) is 14.9 Å². The zero-order valence-corrected chi connectivity index (χ0v) is 11.2. The molecule has 0 spiro atoms. The fourth-order valence-electron chi connectivity index (χ4n) is 1.94. The number of amides is 1. The highest BCUT2D eigenvalue weighted by atomic mass is 16.1. The van der Waals surface area contributed by atoms with Crippen LogP contribution >= 0.6 is 0 Å². The zero-order valence-electron chi connectivity index (χ0n) is 11.2. The van der Waals surface area contributed by atoms with Crippen LogP contribution in [0, 0.1) is 6.92 Å². The van der Waals surface area contributed by atoms with E-state index in [1.165, 1.54) is 0 Å². The molecule has 4 nitrogen and oxygen atoms in total. The summed E-state index contributed by atoms with van der Waals surface area (Å²) in [7, 11) is 0. The maximum absolute atomic E-state index is 11.7. The molecule has 2 rings (SSSR count). The van der Waals surface area contributed by atoms with Gasteiger partial charge in [-0.05, 0) is 18.9 Å². The second-order valence-corrected chi connectivity index (χ2v) is 4.59. The highest BCUT2D eigenvalue weighted by Crippen LogP contribution is 2.00. The van der Waals surface area contributed by atoms with Crippen LogP contribution in [0.1, 0.15) is 17.7 Å². The van der Waals surface area contributed by atoms with Crippen LogP contribution in [0.3, 0.4) is 0 Å². The van der Waals surface area contributed by atoms with Crippen LogP contribution in [0.4, 0.5) is 0 Å². The zero-order chi connectivity index (χ0) is 13.5. The lowest BCUT2D eigenvalue weighted by Gasteiger charge is -2.07. The number of nitrogens with zero attached hydrogens (tertiary/aromatic N) is 2.